The molecule has 0 spiro atoms. The van der Waals surface area contributed by atoms with E-state index >= 15 is 0 Å². The third-order valence-corrected chi connectivity index (χ3v) is 13.7. The maximum atomic E-state index is 12.9. The van der Waals surface area contributed by atoms with Crippen LogP contribution in [-0.4, -0.2) is 37.2 Å². The largest absolute Gasteiger partial charge is 0.462 e. The van der Waals surface area contributed by atoms with Gasteiger partial charge in [0, 0.05) is 19.3 Å². The number of hydrogen-bond donors (Lipinski definition) is 0. The second-order valence-corrected chi connectivity index (χ2v) is 21.6. The van der Waals surface area contributed by atoms with Gasteiger partial charge in [0.2, 0.25) is 0 Å². The van der Waals surface area contributed by atoms with Crippen LogP contribution in [0, 0.1) is 0 Å². The van der Waals surface area contributed by atoms with Gasteiger partial charge in [0.1, 0.15) is 13.2 Å². The molecule has 1 atom stereocenters. The minimum Gasteiger partial charge on any atom is -0.462 e. The molecule has 462 valence electrons. The highest BCUT2D eigenvalue weighted by atomic mass is 16.6. The van der Waals surface area contributed by atoms with Crippen LogP contribution in [-0.2, 0) is 28.6 Å². The lowest BCUT2D eigenvalue weighted by Gasteiger charge is -2.18. The fraction of sp³-hybridized carbons (Fsp3) is 0.618. The van der Waals surface area contributed by atoms with E-state index in [-0.39, 0.29) is 31.1 Å². The van der Waals surface area contributed by atoms with Crippen LogP contribution in [0.5, 0.6) is 0 Å². The Hall–Kier alpha value is -4.97. The Morgan fingerprint density at radius 1 is 0.256 bits per heavy atom. The Morgan fingerprint density at radius 3 is 0.768 bits per heavy atom. The molecule has 0 aromatic rings. The maximum Gasteiger partial charge on any atom is 0.306 e. The van der Waals surface area contributed by atoms with Crippen molar-refractivity contribution in [2.45, 2.75) is 290 Å². The summed E-state index contributed by atoms with van der Waals surface area (Å²) in [6, 6.07) is 0. The molecule has 0 heterocycles. The number of esters is 3. The van der Waals surface area contributed by atoms with Gasteiger partial charge in [-0.3, -0.25) is 14.4 Å². The van der Waals surface area contributed by atoms with Crippen molar-refractivity contribution >= 4 is 17.9 Å². The molecular weight excluding hydrogens is 1010 g/mol. The minimum absolute atomic E-state index is 0.102. The van der Waals surface area contributed by atoms with Crippen molar-refractivity contribution in [2.24, 2.45) is 0 Å². The molecule has 6 heteroatoms. The highest BCUT2D eigenvalue weighted by Crippen LogP contribution is 2.14. The first kappa shape index (κ1) is 77.0. The molecule has 0 amide bonds. The summed E-state index contributed by atoms with van der Waals surface area (Å²) in [6.45, 7) is 6.37. The Balaban J connectivity index is 4.31. The highest BCUT2D eigenvalue weighted by molar-refractivity contribution is 5.71. The van der Waals surface area contributed by atoms with Crippen LogP contribution >= 0.6 is 0 Å². The van der Waals surface area contributed by atoms with Crippen molar-refractivity contribution in [2.75, 3.05) is 13.2 Å². The fourth-order valence-electron chi connectivity index (χ4n) is 8.80. The first-order chi connectivity index (χ1) is 40.5. The summed E-state index contributed by atoms with van der Waals surface area (Å²) in [5.74, 6) is -0.951. The van der Waals surface area contributed by atoms with Gasteiger partial charge in [0.05, 0.1) is 0 Å². The van der Waals surface area contributed by atoms with Crippen molar-refractivity contribution in [1.82, 2.24) is 0 Å². The van der Waals surface area contributed by atoms with E-state index in [9.17, 15) is 14.4 Å². The molecular formula is C76H122O6. The second kappa shape index (κ2) is 68.5. The quantitative estimate of drug-likeness (QED) is 0.0261. The van der Waals surface area contributed by atoms with Crippen LogP contribution in [0.25, 0.3) is 0 Å². The molecule has 0 saturated carbocycles. The van der Waals surface area contributed by atoms with E-state index in [1.807, 2.05) is 0 Å². The van der Waals surface area contributed by atoms with Crippen molar-refractivity contribution in [3.8, 4) is 0 Å². The summed E-state index contributed by atoms with van der Waals surface area (Å²) in [4.78, 5) is 38.3. The zero-order valence-corrected chi connectivity index (χ0v) is 52.9. The van der Waals surface area contributed by atoms with Crippen LogP contribution in [0.1, 0.15) is 284 Å². The van der Waals surface area contributed by atoms with E-state index < -0.39 is 6.10 Å². The SMILES string of the molecule is CC/C=C\C/C=C\C/C=C\C/C=C\C/C=C\C/C=C\C/C=C\C/C=C\C/C=C\CCCCCCCCCC(=O)OCC(COC(=O)CCCCC/C=C\C/C=C\C/C=C\CC)OC(=O)CCCCCCC/C=C\CCCCCCCCC. The number of carbonyl (C=O) groups is 3. The normalized spacial score (nSPS) is 13.2. The lowest BCUT2D eigenvalue weighted by molar-refractivity contribution is -0.167. The van der Waals surface area contributed by atoms with Gasteiger partial charge in [-0.05, 0) is 148 Å². The van der Waals surface area contributed by atoms with E-state index in [1.165, 1.54) is 83.5 Å². The Kier molecular flexibility index (Phi) is 64.4. The maximum absolute atomic E-state index is 12.9. The summed E-state index contributed by atoms with van der Waals surface area (Å²) in [5.41, 5.74) is 0. The van der Waals surface area contributed by atoms with Gasteiger partial charge in [-0.1, -0.05) is 275 Å². The van der Waals surface area contributed by atoms with Crippen LogP contribution in [0.2, 0.25) is 0 Å². The summed E-state index contributed by atoms with van der Waals surface area (Å²) in [5, 5.41) is 0. The average molecular weight is 1130 g/mol. The average Bonchev–Trinajstić information content (AvgIpc) is 3.47. The molecule has 0 rings (SSSR count). The van der Waals surface area contributed by atoms with E-state index in [0.717, 1.165) is 161 Å². The molecule has 82 heavy (non-hydrogen) atoms. The van der Waals surface area contributed by atoms with Crippen molar-refractivity contribution < 1.29 is 28.6 Å². The Bertz CT molecular complexity index is 1830. The van der Waals surface area contributed by atoms with E-state index in [2.05, 4.69) is 179 Å². The van der Waals surface area contributed by atoms with Gasteiger partial charge in [0.25, 0.3) is 0 Å². The molecule has 0 aromatic carbocycles. The zero-order valence-electron chi connectivity index (χ0n) is 52.9. The van der Waals surface area contributed by atoms with Gasteiger partial charge < -0.3 is 14.2 Å². The Morgan fingerprint density at radius 2 is 0.476 bits per heavy atom. The number of hydrogen-bond acceptors (Lipinski definition) is 6. The van der Waals surface area contributed by atoms with E-state index in [1.54, 1.807) is 0 Å². The summed E-state index contributed by atoms with van der Waals surface area (Å²) >= 11 is 0. The number of allylic oxidation sites excluding steroid dienone is 26. The summed E-state index contributed by atoms with van der Waals surface area (Å²) in [6.07, 6.45) is 99.8. The minimum atomic E-state index is -0.806. The molecule has 0 N–H and O–H groups in total. The molecule has 6 nitrogen and oxygen atoms in total. The monoisotopic (exact) mass is 1130 g/mol. The molecule has 0 saturated heterocycles. The predicted molar refractivity (Wildman–Crippen MR) is 357 cm³/mol. The summed E-state index contributed by atoms with van der Waals surface area (Å²) < 4.78 is 16.9. The van der Waals surface area contributed by atoms with Gasteiger partial charge >= 0.3 is 17.9 Å². The van der Waals surface area contributed by atoms with Gasteiger partial charge in [-0.15, -0.1) is 0 Å². The van der Waals surface area contributed by atoms with E-state index in [0.29, 0.717) is 19.3 Å². The number of ether oxygens (including phenoxy) is 3. The van der Waals surface area contributed by atoms with E-state index in [4.69, 9.17) is 14.2 Å². The van der Waals surface area contributed by atoms with Crippen molar-refractivity contribution in [3.05, 3.63) is 158 Å². The molecule has 0 aliphatic rings. The number of unbranched alkanes of at least 4 members (excludes halogenated alkanes) is 22. The standard InChI is InChI=1S/C76H122O6/c1-4-7-10-13-16-19-22-25-27-29-30-31-32-33-34-35-36-37-38-39-40-41-42-43-44-45-46-47-49-51-54-57-60-63-66-69-75(78)81-72-73(71-80-74(77)68-65-62-59-56-53-50-24-21-18-15-12-9-6-3)82-76(79)70-67-64-61-58-55-52-48-28-26-23-20-17-14-11-8-5-2/h7,9-10,12,16,18-19,21,25,27-28,30-31,33-34,36-37,39-40,42-43,45-46,48,50,53,73H,4-6,8,11,13-15,17,20,22-24,26,29,32,35,38,41,44,47,49,51-52,54-72H2,1-3H3/b10-7-,12-9-,19-16-,21-18-,27-25-,31-30-,34-33-,37-36-,40-39-,43-42-,46-45-,48-28-,53-50-. The van der Waals surface area contributed by atoms with Gasteiger partial charge in [-0.2, -0.15) is 0 Å². The first-order valence-electron chi connectivity index (χ1n) is 33.5. The lowest BCUT2D eigenvalue weighted by atomic mass is 10.1. The molecule has 0 radical (unpaired) electrons. The van der Waals surface area contributed by atoms with Crippen LogP contribution in [0.3, 0.4) is 0 Å². The summed E-state index contributed by atoms with van der Waals surface area (Å²) in [7, 11) is 0. The van der Waals surface area contributed by atoms with Gasteiger partial charge in [0.15, 0.2) is 6.10 Å². The molecule has 0 aliphatic carbocycles. The third-order valence-electron chi connectivity index (χ3n) is 13.7. The van der Waals surface area contributed by atoms with Crippen LogP contribution in [0.15, 0.2) is 158 Å². The van der Waals surface area contributed by atoms with Crippen molar-refractivity contribution in [1.29, 1.82) is 0 Å². The molecule has 0 fully saturated rings. The number of rotatable bonds is 59. The Labute approximate surface area is 505 Å². The van der Waals surface area contributed by atoms with Gasteiger partial charge in [-0.25, -0.2) is 0 Å². The smallest absolute Gasteiger partial charge is 0.306 e. The molecule has 0 bridgehead atoms. The predicted octanol–water partition coefficient (Wildman–Crippen LogP) is 23.3. The molecule has 1 unspecified atom stereocenters. The zero-order chi connectivity index (χ0) is 59.2. The lowest BCUT2D eigenvalue weighted by Crippen LogP contribution is -2.30. The third kappa shape index (κ3) is 65.8. The number of carbonyl (C=O) groups excluding carboxylic acids is 3. The second-order valence-electron chi connectivity index (χ2n) is 21.6. The van der Waals surface area contributed by atoms with Crippen LogP contribution in [0.4, 0.5) is 0 Å². The highest BCUT2D eigenvalue weighted by Gasteiger charge is 2.19. The first-order valence-corrected chi connectivity index (χ1v) is 33.5. The van der Waals surface area contributed by atoms with Crippen LogP contribution < -0.4 is 0 Å². The molecule has 0 aliphatic heterocycles. The fourth-order valence-corrected chi connectivity index (χ4v) is 8.80. The molecule has 0 aromatic heterocycles. The topological polar surface area (TPSA) is 78.9 Å². The van der Waals surface area contributed by atoms with Crippen molar-refractivity contribution in [3.63, 3.8) is 0 Å².